The van der Waals surface area contributed by atoms with E-state index in [0.29, 0.717) is 42.6 Å². The van der Waals surface area contributed by atoms with Crippen LogP contribution in [0.5, 0.6) is 0 Å². The molecule has 2 N–H and O–H groups in total. The van der Waals surface area contributed by atoms with Crippen molar-refractivity contribution in [3.63, 3.8) is 0 Å². The third kappa shape index (κ3) is 8.83. The first-order valence-electron chi connectivity index (χ1n) is 11.9. The number of nitrogens with one attached hydrogen (secondary N) is 1. The number of allylic oxidation sites excluding steroid dienone is 2. The second-order valence-electron chi connectivity index (χ2n) is 8.72. The van der Waals surface area contributed by atoms with E-state index in [1.165, 1.54) is 27.7 Å². The Kier molecular flexibility index (Phi) is 10.3. The fourth-order valence-corrected chi connectivity index (χ4v) is 8.03. The Balaban J connectivity index is 0.000000572. The van der Waals surface area contributed by atoms with Crippen LogP contribution >= 0.6 is 46.3 Å². The van der Waals surface area contributed by atoms with Crippen molar-refractivity contribution < 1.29 is 35.4 Å². The van der Waals surface area contributed by atoms with E-state index in [1.54, 1.807) is 60.9 Å². The predicted octanol–water partition coefficient (Wildman–Crippen LogP) is 4.88. The third-order valence-electron chi connectivity index (χ3n) is 5.69. The molecule has 0 radical (unpaired) electrons. The SMILES string of the molecule is CCC(=Cc1sc2ccc(Cl)cc2[n+]1CS(=O)(=O)[O-])C=C1Sc2ccc(Cl)cc2[NH+]1CS(=O)(=O)O.c1ccncc1. The Labute approximate surface area is 256 Å². The molecule has 0 spiro atoms. The van der Waals surface area contributed by atoms with Gasteiger partial charge in [0.05, 0.1) is 4.90 Å². The van der Waals surface area contributed by atoms with Crippen molar-refractivity contribution >= 4 is 88.5 Å². The van der Waals surface area contributed by atoms with Gasteiger partial charge in [-0.15, -0.1) is 0 Å². The van der Waals surface area contributed by atoms with Crippen LogP contribution in [0, 0.1) is 0 Å². The van der Waals surface area contributed by atoms with Crippen LogP contribution in [-0.2, 0) is 26.1 Å². The summed E-state index contributed by atoms with van der Waals surface area (Å²) in [6.45, 7) is 1.90. The summed E-state index contributed by atoms with van der Waals surface area (Å²) < 4.78 is 70.0. The molecule has 216 valence electrons. The molecule has 0 fully saturated rings. The van der Waals surface area contributed by atoms with Crippen LogP contribution in [0.25, 0.3) is 16.3 Å². The average Bonchev–Trinajstić information content (AvgIpc) is 3.39. The van der Waals surface area contributed by atoms with Gasteiger partial charge in [0.2, 0.25) is 17.3 Å². The van der Waals surface area contributed by atoms with Gasteiger partial charge in [-0.2, -0.15) is 13.0 Å². The van der Waals surface area contributed by atoms with Crippen LogP contribution in [0.1, 0.15) is 18.4 Å². The summed E-state index contributed by atoms with van der Waals surface area (Å²) in [6, 6.07) is 15.9. The van der Waals surface area contributed by atoms with Crippen LogP contribution in [0.4, 0.5) is 5.69 Å². The first kappa shape index (κ1) is 31.6. The molecule has 5 rings (SSSR count). The minimum Gasteiger partial charge on any atom is -0.743 e. The molecule has 1 unspecified atom stereocenters. The molecule has 1 atom stereocenters. The van der Waals surface area contributed by atoms with Gasteiger partial charge in [-0.1, -0.05) is 47.5 Å². The van der Waals surface area contributed by atoms with Gasteiger partial charge in [0.15, 0.2) is 20.8 Å². The van der Waals surface area contributed by atoms with Crippen molar-refractivity contribution in [2.24, 2.45) is 0 Å². The molecule has 2 aromatic heterocycles. The topological polar surface area (TPSA) is 133 Å². The fraction of sp³-hybridized carbons (Fsp3) is 0.154. The third-order valence-corrected chi connectivity index (χ3v) is 9.66. The minimum absolute atomic E-state index is 0.406. The lowest BCUT2D eigenvalue weighted by Crippen LogP contribution is -3.04. The fourth-order valence-electron chi connectivity index (χ4n) is 3.95. The van der Waals surface area contributed by atoms with Gasteiger partial charge in [-0.3, -0.25) is 9.54 Å². The van der Waals surface area contributed by atoms with E-state index in [-0.39, 0.29) is 0 Å². The number of nitrogens with zero attached hydrogens (tertiary/aromatic N) is 2. The summed E-state index contributed by atoms with van der Waals surface area (Å²) in [5.41, 5.74) is 1.91. The lowest BCUT2D eigenvalue weighted by atomic mass is 10.2. The maximum atomic E-state index is 11.7. The summed E-state index contributed by atoms with van der Waals surface area (Å²) in [7, 11) is -8.91. The van der Waals surface area contributed by atoms with Gasteiger partial charge in [-0.05, 0) is 60.2 Å². The minimum atomic E-state index is -4.59. The number of benzene rings is 2. The number of quaternary nitrogens is 1. The molecule has 4 aromatic rings. The number of thiazole rings is 1. The number of halogens is 2. The molecule has 9 nitrogen and oxygen atoms in total. The van der Waals surface area contributed by atoms with Crippen molar-refractivity contribution in [3.05, 3.63) is 98.7 Å². The normalized spacial score (nSPS) is 16.5. The van der Waals surface area contributed by atoms with Crippen LogP contribution in [0.2, 0.25) is 10.0 Å². The zero-order chi connectivity index (χ0) is 29.8. The first-order valence-corrected chi connectivity index (χ1v) is 17.5. The largest absolute Gasteiger partial charge is 0.743 e. The molecule has 3 heterocycles. The highest BCUT2D eigenvalue weighted by atomic mass is 35.5. The monoisotopic (exact) mass is 672 g/mol. The van der Waals surface area contributed by atoms with Gasteiger partial charge in [-0.25, -0.2) is 13.3 Å². The van der Waals surface area contributed by atoms with Gasteiger partial charge >= 0.3 is 10.1 Å². The molecule has 0 saturated heterocycles. The summed E-state index contributed by atoms with van der Waals surface area (Å²) in [5, 5.41) is 1.99. The standard InChI is InChI=1S/C21H18Cl2N2O6S4.C5H5N/c1-2-13(7-20-24(11-34(26,27)28)16-9-14(22)3-5-18(16)32-20)8-21-25(12-35(29,30)31)17-10-15(23)4-6-19(17)33-21;1-2-4-6-5-3-1/h3-10H,2,11-12H2,1H3,(H-,26,27,28,29,30,31);1-5H/p+1. The predicted molar refractivity (Wildman–Crippen MR) is 162 cm³/mol. The van der Waals surface area contributed by atoms with E-state index in [1.807, 2.05) is 25.1 Å². The van der Waals surface area contributed by atoms with E-state index in [9.17, 15) is 25.9 Å². The molecular formula is C26H24Cl2N3O6S4+. The van der Waals surface area contributed by atoms with Crippen molar-refractivity contribution in [2.45, 2.75) is 24.1 Å². The van der Waals surface area contributed by atoms with E-state index in [4.69, 9.17) is 23.2 Å². The summed E-state index contributed by atoms with van der Waals surface area (Å²) in [5.74, 6) is -1.34. The number of rotatable bonds is 7. The van der Waals surface area contributed by atoms with Crippen molar-refractivity contribution in [1.29, 1.82) is 0 Å². The molecule has 1 aliphatic rings. The van der Waals surface area contributed by atoms with Gasteiger partial charge in [0.1, 0.15) is 4.70 Å². The number of hydrogen-bond acceptors (Lipinski definition) is 8. The quantitative estimate of drug-likeness (QED) is 0.210. The molecule has 0 bridgehead atoms. The number of aromatic nitrogens is 2. The highest BCUT2D eigenvalue weighted by molar-refractivity contribution is 8.03. The van der Waals surface area contributed by atoms with Gasteiger partial charge in [0, 0.05) is 46.7 Å². The van der Waals surface area contributed by atoms with Crippen molar-refractivity contribution in [3.8, 4) is 0 Å². The second-order valence-corrected chi connectivity index (χ2v) is 14.6. The summed E-state index contributed by atoms with van der Waals surface area (Å²) in [6.07, 6.45) is 7.59. The van der Waals surface area contributed by atoms with Crippen LogP contribution in [0.3, 0.4) is 0 Å². The van der Waals surface area contributed by atoms with E-state index in [0.717, 1.165) is 15.2 Å². The number of hydrogen-bond donors (Lipinski definition) is 2. The van der Waals surface area contributed by atoms with E-state index < -0.39 is 32.0 Å². The first-order chi connectivity index (χ1) is 19.3. The maximum absolute atomic E-state index is 11.7. The summed E-state index contributed by atoms with van der Waals surface area (Å²) in [4.78, 5) is 5.01. The number of thioether (sulfide) groups is 1. The zero-order valence-electron chi connectivity index (χ0n) is 21.4. The Hall–Kier alpha value is -2.33. The Bertz CT molecular complexity index is 1820. The molecular weight excluding hydrogens is 649 g/mol. The molecule has 15 heteroatoms. The zero-order valence-corrected chi connectivity index (χ0v) is 26.2. The lowest BCUT2D eigenvalue weighted by Gasteiger charge is -2.12. The Morgan fingerprint density at radius 1 is 1.07 bits per heavy atom. The van der Waals surface area contributed by atoms with Crippen molar-refractivity contribution in [2.75, 3.05) is 5.88 Å². The molecule has 0 saturated carbocycles. The maximum Gasteiger partial charge on any atom is 0.317 e. The number of pyridine rings is 1. The highest BCUT2D eigenvalue weighted by Crippen LogP contribution is 2.38. The average molecular weight is 674 g/mol. The second kappa shape index (κ2) is 13.3. The van der Waals surface area contributed by atoms with Gasteiger partial charge < -0.3 is 4.55 Å². The van der Waals surface area contributed by atoms with E-state index in [2.05, 4.69) is 4.98 Å². The smallest absolute Gasteiger partial charge is 0.317 e. The molecule has 1 aliphatic heterocycles. The molecule has 2 aromatic carbocycles. The molecule has 0 aliphatic carbocycles. The van der Waals surface area contributed by atoms with Crippen LogP contribution in [-0.4, -0.2) is 36.8 Å². The molecule has 0 amide bonds. The van der Waals surface area contributed by atoms with Crippen molar-refractivity contribution in [1.82, 2.24) is 4.98 Å². The van der Waals surface area contributed by atoms with E-state index >= 15 is 0 Å². The van der Waals surface area contributed by atoms with Crippen LogP contribution < -0.4 is 9.47 Å². The number of fused-ring (bicyclic) bond motifs is 2. The molecule has 41 heavy (non-hydrogen) atoms. The summed E-state index contributed by atoms with van der Waals surface area (Å²) >= 11 is 14.9. The van der Waals surface area contributed by atoms with Crippen LogP contribution in [0.15, 0.2) is 88.6 Å². The Morgan fingerprint density at radius 2 is 1.76 bits per heavy atom. The lowest BCUT2D eigenvalue weighted by molar-refractivity contribution is -0.765. The highest BCUT2D eigenvalue weighted by Gasteiger charge is 2.35. The Morgan fingerprint density at radius 3 is 2.34 bits per heavy atom. The van der Waals surface area contributed by atoms with Gasteiger partial charge in [0.25, 0.3) is 5.01 Å².